The third-order valence-corrected chi connectivity index (χ3v) is 11.9. The van der Waals surface area contributed by atoms with E-state index in [0.717, 1.165) is 61.1 Å². The molecule has 0 aliphatic heterocycles. The van der Waals surface area contributed by atoms with E-state index < -0.39 is 8.24 Å². The maximum atomic E-state index is 12.1. The maximum absolute atomic E-state index is 12.1. The Morgan fingerprint density at radius 1 is 0.464 bits per heavy atom. The van der Waals surface area contributed by atoms with Crippen LogP contribution < -0.4 is 4.52 Å². The number of hydrogen-bond acceptors (Lipinski definition) is 4. The summed E-state index contributed by atoms with van der Waals surface area (Å²) in [5.41, 5.74) is 11.4. The van der Waals surface area contributed by atoms with Crippen molar-refractivity contribution in [2.24, 2.45) is 0 Å². The van der Waals surface area contributed by atoms with E-state index in [1.807, 2.05) is 0 Å². The fourth-order valence-electron chi connectivity index (χ4n) is 7.49. The molecule has 4 nitrogen and oxygen atoms in total. The third kappa shape index (κ3) is 9.07. The third-order valence-electron chi connectivity index (χ3n) is 11.0. The monoisotopic (exact) mass is 779 g/mol. The molecular weight excluding hydrogens is 708 g/mol. The molecule has 1 aromatic heterocycles. The van der Waals surface area contributed by atoms with Gasteiger partial charge in [0.1, 0.15) is 22.7 Å². The molecule has 5 heteroatoms. The molecule has 56 heavy (non-hydrogen) atoms. The van der Waals surface area contributed by atoms with E-state index in [9.17, 15) is 5.11 Å². The van der Waals surface area contributed by atoms with Crippen molar-refractivity contribution in [1.82, 2.24) is 0 Å². The van der Waals surface area contributed by atoms with E-state index >= 15 is 0 Å². The Labute approximate surface area is 340 Å². The second-order valence-electron chi connectivity index (χ2n) is 22.6. The predicted octanol–water partition coefficient (Wildman–Crippen LogP) is 15.8. The second-order valence-corrected chi connectivity index (χ2v) is 23.6. The normalized spacial score (nSPS) is 13.5. The van der Waals surface area contributed by atoms with Gasteiger partial charge in [-0.1, -0.05) is 161 Å². The van der Waals surface area contributed by atoms with E-state index in [2.05, 4.69) is 187 Å². The van der Waals surface area contributed by atoms with Gasteiger partial charge >= 0.3 is 8.24 Å². The van der Waals surface area contributed by atoms with Gasteiger partial charge in [-0.05, 0) is 91.9 Å². The van der Waals surface area contributed by atoms with Gasteiger partial charge in [-0.25, -0.2) is 0 Å². The summed E-state index contributed by atoms with van der Waals surface area (Å²) in [5, 5.41) is 14.1. The van der Waals surface area contributed by atoms with Gasteiger partial charge in [-0.2, -0.15) is 0 Å². The number of aryl methyl sites for hydroxylation is 2. The quantitative estimate of drug-likeness (QED) is 0.197. The largest absolute Gasteiger partial charge is 0.507 e. The number of fused-ring (bicyclic) bond motifs is 3. The molecule has 0 unspecified atom stereocenters. The highest BCUT2D eigenvalue weighted by Gasteiger charge is 2.31. The second kappa shape index (κ2) is 14.3. The highest BCUT2D eigenvalue weighted by Crippen LogP contribution is 2.49. The molecule has 5 aromatic rings. The molecule has 0 aliphatic carbocycles. The molecule has 0 bridgehead atoms. The van der Waals surface area contributed by atoms with Gasteiger partial charge in [0.2, 0.25) is 0 Å². The van der Waals surface area contributed by atoms with E-state index in [1.54, 1.807) is 0 Å². The topological polar surface area (TPSA) is 55.7 Å². The predicted molar refractivity (Wildman–Crippen MR) is 241 cm³/mol. The molecule has 0 amide bonds. The van der Waals surface area contributed by atoms with E-state index in [-0.39, 0.29) is 32.5 Å². The number of benzene rings is 4. The summed E-state index contributed by atoms with van der Waals surface area (Å²) in [7, 11) is -2.01. The van der Waals surface area contributed by atoms with Gasteiger partial charge in [0.25, 0.3) is 0 Å². The summed E-state index contributed by atoms with van der Waals surface area (Å²) in [4.78, 5) is 0. The molecule has 0 atom stereocenters. The van der Waals surface area contributed by atoms with Crippen LogP contribution in [0.15, 0.2) is 56.9 Å². The average Bonchev–Trinajstić information content (AvgIpc) is 3.15. The fraction of sp³-hybridized carbons (Fsp3) is 0.529. The van der Waals surface area contributed by atoms with Crippen LogP contribution >= 0.6 is 8.24 Å². The van der Waals surface area contributed by atoms with Crippen molar-refractivity contribution in [2.75, 3.05) is 0 Å². The minimum Gasteiger partial charge on any atom is -0.507 e. The fourth-order valence-corrected chi connectivity index (χ4v) is 8.66. The number of hydrogen-bond donors (Lipinski definition) is 1. The summed E-state index contributed by atoms with van der Waals surface area (Å²) < 4.78 is 21.7. The zero-order valence-corrected chi connectivity index (χ0v) is 39.3. The zero-order valence-electron chi connectivity index (χ0n) is 38.4. The lowest BCUT2D eigenvalue weighted by Gasteiger charge is -2.30. The molecule has 0 saturated carbocycles. The van der Waals surface area contributed by atoms with Gasteiger partial charge < -0.3 is 18.0 Å². The van der Waals surface area contributed by atoms with Gasteiger partial charge in [0, 0.05) is 39.4 Å². The first-order valence-corrected chi connectivity index (χ1v) is 21.6. The van der Waals surface area contributed by atoms with Crippen molar-refractivity contribution in [3.63, 3.8) is 0 Å². The van der Waals surface area contributed by atoms with Crippen molar-refractivity contribution in [3.8, 4) is 11.5 Å². The lowest BCUT2D eigenvalue weighted by molar-refractivity contribution is 0.438. The summed E-state index contributed by atoms with van der Waals surface area (Å²) in [6.07, 6.45) is 0.483. The Morgan fingerprint density at radius 2 is 0.839 bits per heavy atom. The van der Waals surface area contributed by atoms with Crippen LogP contribution in [-0.2, 0) is 38.9 Å². The van der Waals surface area contributed by atoms with Crippen LogP contribution in [0.1, 0.15) is 180 Å². The molecule has 0 saturated heterocycles. The van der Waals surface area contributed by atoms with E-state index in [0.29, 0.717) is 12.2 Å². The average molecular weight is 779 g/mol. The SMILES string of the molecule is Cc1cc(C(C)(C)C)c2op(Oc3c(Cc4cc(C(C)(C)C)cc(C(C)(C)C)c4O)cc(C(C)(C)C)cc3C(C)(C)C)oc3c(C(C)(C)C)cc(C)cc3c2c1. The van der Waals surface area contributed by atoms with Gasteiger partial charge in [0.15, 0.2) is 0 Å². The lowest BCUT2D eigenvalue weighted by atomic mass is 9.76. The van der Waals surface area contributed by atoms with Crippen LogP contribution in [0.5, 0.6) is 11.5 Å². The Kier molecular flexibility index (Phi) is 11.1. The molecule has 4 aromatic carbocycles. The van der Waals surface area contributed by atoms with Crippen LogP contribution in [-0.4, -0.2) is 5.11 Å². The highest BCUT2D eigenvalue weighted by atomic mass is 31.1. The zero-order chi connectivity index (χ0) is 42.3. The Hall–Kier alpha value is -3.62. The molecule has 5 rings (SSSR count). The van der Waals surface area contributed by atoms with Crippen LogP contribution in [0.2, 0.25) is 0 Å². The van der Waals surface area contributed by atoms with Crippen LogP contribution in [0.3, 0.4) is 0 Å². The Morgan fingerprint density at radius 3 is 1.21 bits per heavy atom. The summed E-state index contributed by atoms with van der Waals surface area (Å²) >= 11 is 0. The number of aromatic hydroxyl groups is 1. The summed E-state index contributed by atoms with van der Waals surface area (Å²) in [6.45, 7) is 44.5. The first-order chi connectivity index (χ1) is 25.3. The highest BCUT2D eigenvalue weighted by molar-refractivity contribution is 7.32. The minimum absolute atomic E-state index is 0.107. The standard InChI is InChI=1S/C51H71O4P/c1-30-21-36-37-22-31(2)24-40(50(15,16)17)45(37)55-56(54-44(36)39(23-30)49(12,13)14)53-43-33(27-35(47(6,7)8)29-41(43)51(18,19)20)25-32-26-34(46(3,4)5)28-38(42(32)52)48(9,10)11/h21-24,26-29,52H,25H2,1-20H3. The molecule has 0 spiro atoms. The van der Waals surface area contributed by atoms with Gasteiger partial charge in [-0.15, -0.1) is 0 Å². The van der Waals surface area contributed by atoms with E-state index in [4.69, 9.17) is 12.9 Å². The molecular formula is C51H71O4P. The lowest BCUT2D eigenvalue weighted by Crippen LogP contribution is -2.19. The molecule has 304 valence electrons. The first kappa shape index (κ1) is 43.5. The van der Waals surface area contributed by atoms with Crippen molar-refractivity contribution < 1.29 is 18.0 Å². The molecule has 0 fully saturated rings. The number of phenols is 1. The molecule has 1 heterocycles. The summed E-state index contributed by atoms with van der Waals surface area (Å²) in [5.74, 6) is 1.11. The van der Waals surface area contributed by atoms with Crippen LogP contribution in [0, 0.1) is 13.8 Å². The smallest absolute Gasteiger partial charge is 0.453 e. The summed E-state index contributed by atoms with van der Waals surface area (Å²) in [6, 6.07) is 18.0. The maximum Gasteiger partial charge on any atom is 0.453 e. The number of rotatable bonds is 4. The van der Waals surface area contributed by atoms with Crippen LogP contribution in [0.4, 0.5) is 0 Å². The molecule has 0 radical (unpaired) electrons. The van der Waals surface area contributed by atoms with Crippen LogP contribution in [0.25, 0.3) is 21.9 Å². The Balaban J connectivity index is 1.95. The minimum atomic E-state index is -2.01. The Bertz CT molecular complexity index is 2250. The number of phenolic OH excluding ortho intramolecular Hbond substituents is 1. The van der Waals surface area contributed by atoms with Gasteiger partial charge in [0.05, 0.1) is 0 Å². The first-order valence-electron chi connectivity index (χ1n) is 20.5. The molecule has 0 aliphatic rings. The van der Waals surface area contributed by atoms with Crippen molar-refractivity contribution in [3.05, 3.63) is 104 Å². The van der Waals surface area contributed by atoms with E-state index in [1.165, 1.54) is 22.3 Å². The van der Waals surface area contributed by atoms with Gasteiger partial charge in [-0.3, -0.25) is 0 Å². The van der Waals surface area contributed by atoms with Crippen molar-refractivity contribution in [2.45, 2.75) is 177 Å². The van der Waals surface area contributed by atoms with Crippen molar-refractivity contribution in [1.29, 1.82) is 0 Å². The van der Waals surface area contributed by atoms with Crippen molar-refractivity contribution >= 4 is 30.2 Å². The molecule has 1 N–H and O–H groups in total.